The zero-order valence-electron chi connectivity index (χ0n) is 6.26. The maximum atomic E-state index is 5.48. The van der Waals surface area contributed by atoms with Gasteiger partial charge in [-0.15, -0.1) is 0 Å². The first-order valence-electron chi connectivity index (χ1n) is 3.66. The Morgan fingerprint density at radius 1 is 1.56 bits per heavy atom. The lowest BCUT2D eigenvalue weighted by Crippen LogP contribution is -2.10. The highest BCUT2D eigenvalue weighted by molar-refractivity contribution is 8.14. The molecule has 2 heteroatoms. The van der Waals surface area contributed by atoms with Crippen molar-refractivity contribution in [2.24, 2.45) is 5.92 Å². The first-order chi connectivity index (χ1) is 4.10. The van der Waals surface area contributed by atoms with Gasteiger partial charge in [-0.05, 0) is 43.8 Å². The van der Waals surface area contributed by atoms with Gasteiger partial charge >= 0.3 is 0 Å². The molecule has 0 spiro atoms. The van der Waals surface area contributed by atoms with Crippen molar-refractivity contribution in [1.29, 1.82) is 0 Å². The molecule has 0 aromatic heterocycles. The SMILES string of the molecule is C[C@H]1CCC[P@](C)(=S)C1. The molecule has 0 saturated carbocycles. The first kappa shape index (κ1) is 7.75. The Morgan fingerprint density at radius 2 is 2.22 bits per heavy atom. The van der Waals surface area contributed by atoms with Crippen LogP contribution in [0.1, 0.15) is 19.8 Å². The van der Waals surface area contributed by atoms with Crippen LogP contribution < -0.4 is 0 Å². The monoisotopic (exact) mass is 162 g/mol. The second-order valence-corrected chi connectivity index (χ2v) is 9.50. The van der Waals surface area contributed by atoms with E-state index in [1.54, 1.807) is 0 Å². The average molecular weight is 162 g/mol. The summed E-state index contributed by atoms with van der Waals surface area (Å²) >= 11 is 5.48. The van der Waals surface area contributed by atoms with Crippen molar-refractivity contribution in [3.8, 4) is 0 Å². The molecule has 0 aromatic carbocycles. The highest BCUT2D eigenvalue weighted by Gasteiger charge is 2.19. The molecule has 1 aliphatic heterocycles. The molecule has 1 rings (SSSR count). The Morgan fingerprint density at radius 3 is 2.56 bits per heavy atom. The lowest BCUT2D eigenvalue weighted by molar-refractivity contribution is 0.565. The maximum Gasteiger partial charge on any atom is -0.0211 e. The average Bonchev–Trinajstić information content (AvgIpc) is 1.60. The molecule has 1 heterocycles. The number of hydrogen-bond donors (Lipinski definition) is 0. The van der Waals surface area contributed by atoms with Crippen LogP contribution in [0.3, 0.4) is 0 Å². The fraction of sp³-hybridized carbons (Fsp3) is 1.00. The molecule has 1 fully saturated rings. The Kier molecular flexibility index (Phi) is 2.34. The van der Waals surface area contributed by atoms with E-state index in [0.717, 1.165) is 5.92 Å². The minimum absolute atomic E-state index is 0.809. The van der Waals surface area contributed by atoms with Crippen LogP contribution >= 0.6 is 6.04 Å². The van der Waals surface area contributed by atoms with Gasteiger partial charge in [0.15, 0.2) is 0 Å². The second kappa shape index (κ2) is 2.72. The van der Waals surface area contributed by atoms with Gasteiger partial charge in [0.05, 0.1) is 0 Å². The van der Waals surface area contributed by atoms with Crippen LogP contribution in [-0.2, 0) is 11.8 Å². The molecule has 0 nitrogen and oxygen atoms in total. The summed E-state index contributed by atoms with van der Waals surface area (Å²) in [4.78, 5) is 0. The standard InChI is InChI=1S/C7H15PS/c1-7-4-3-5-8(2,9)6-7/h7H,3-6H2,1-2H3/t7-,8-/m0/s1. The molecule has 0 aromatic rings. The van der Waals surface area contributed by atoms with E-state index in [0.29, 0.717) is 0 Å². The predicted molar refractivity (Wildman–Crippen MR) is 48.3 cm³/mol. The van der Waals surface area contributed by atoms with Crippen molar-refractivity contribution in [3.05, 3.63) is 0 Å². The fourth-order valence-corrected chi connectivity index (χ4v) is 5.30. The molecular weight excluding hydrogens is 147 g/mol. The van der Waals surface area contributed by atoms with Gasteiger partial charge < -0.3 is 0 Å². The third kappa shape index (κ3) is 2.39. The summed E-state index contributed by atoms with van der Waals surface area (Å²) in [5.41, 5.74) is 0. The number of hydrogen-bond acceptors (Lipinski definition) is 1. The largest absolute Gasteiger partial charge is 0.0978 e. The van der Waals surface area contributed by atoms with Gasteiger partial charge in [0, 0.05) is 0 Å². The summed E-state index contributed by atoms with van der Waals surface area (Å²) in [5.74, 6) is 0.926. The Bertz CT molecular complexity index is 142. The van der Waals surface area contributed by atoms with Gasteiger partial charge in [-0.1, -0.05) is 18.7 Å². The molecule has 0 N–H and O–H groups in total. The van der Waals surface area contributed by atoms with Gasteiger partial charge in [0.2, 0.25) is 0 Å². The molecule has 0 radical (unpaired) electrons. The summed E-state index contributed by atoms with van der Waals surface area (Å²) in [6, 6.07) is -0.809. The van der Waals surface area contributed by atoms with Gasteiger partial charge in [0.25, 0.3) is 0 Å². The van der Waals surface area contributed by atoms with Crippen molar-refractivity contribution in [3.63, 3.8) is 0 Å². The topological polar surface area (TPSA) is 0 Å². The summed E-state index contributed by atoms with van der Waals surface area (Å²) < 4.78 is 0. The van der Waals surface area contributed by atoms with E-state index >= 15 is 0 Å². The van der Waals surface area contributed by atoms with Gasteiger partial charge in [0.1, 0.15) is 0 Å². The molecule has 1 saturated heterocycles. The maximum absolute atomic E-state index is 5.48. The molecule has 1 aliphatic rings. The molecule has 0 amide bonds. The molecule has 0 bridgehead atoms. The minimum Gasteiger partial charge on any atom is -0.0978 e. The van der Waals surface area contributed by atoms with Crippen molar-refractivity contribution in [1.82, 2.24) is 0 Å². The van der Waals surface area contributed by atoms with Crippen LogP contribution in [0.25, 0.3) is 0 Å². The first-order valence-corrected chi connectivity index (χ1v) is 7.28. The quantitative estimate of drug-likeness (QED) is 0.493. The zero-order chi connectivity index (χ0) is 6.91. The lowest BCUT2D eigenvalue weighted by atomic mass is 10.1. The fourth-order valence-electron chi connectivity index (χ4n) is 1.62. The summed E-state index contributed by atoms with van der Waals surface area (Å²) in [5, 5.41) is 0. The molecule has 0 unspecified atom stereocenters. The Balaban J connectivity index is 2.51. The van der Waals surface area contributed by atoms with E-state index in [4.69, 9.17) is 11.8 Å². The van der Waals surface area contributed by atoms with Crippen molar-refractivity contribution in [2.45, 2.75) is 19.8 Å². The van der Waals surface area contributed by atoms with Crippen LogP contribution in [0.15, 0.2) is 0 Å². The van der Waals surface area contributed by atoms with Crippen LogP contribution in [-0.4, -0.2) is 19.0 Å². The van der Waals surface area contributed by atoms with Gasteiger partial charge in [-0.25, -0.2) is 0 Å². The Labute approximate surface area is 63.0 Å². The summed E-state index contributed by atoms with van der Waals surface area (Å²) in [6.07, 6.45) is 5.55. The molecule has 9 heavy (non-hydrogen) atoms. The van der Waals surface area contributed by atoms with Crippen molar-refractivity contribution in [2.75, 3.05) is 19.0 Å². The van der Waals surface area contributed by atoms with Crippen LogP contribution in [0.4, 0.5) is 0 Å². The molecule has 54 valence electrons. The third-order valence-electron chi connectivity index (χ3n) is 2.03. The second-order valence-electron chi connectivity index (χ2n) is 3.45. The normalized spacial score (nSPS) is 44.9. The third-order valence-corrected chi connectivity index (χ3v) is 5.68. The predicted octanol–water partition coefficient (Wildman–Crippen LogP) is 2.53. The van der Waals surface area contributed by atoms with E-state index in [-0.39, 0.29) is 0 Å². The smallest absolute Gasteiger partial charge is 0.0211 e. The van der Waals surface area contributed by atoms with Crippen molar-refractivity contribution < 1.29 is 0 Å². The van der Waals surface area contributed by atoms with Crippen LogP contribution in [0, 0.1) is 5.92 Å². The molecule has 0 aliphatic carbocycles. The van der Waals surface area contributed by atoms with E-state index in [2.05, 4.69) is 13.6 Å². The van der Waals surface area contributed by atoms with E-state index in [9.17, 15) is 0 Å². The Hall–Kier alpha value is 0.650. The van der Waals surface area contributed by atoms with E-state index in [1.807, 2.05) is 0 Å². The van der Waals surface area contributed by atoms with Crippen LogP contribution in [0.5, 0.6) is 0 Å². The van der Waals surface area contributed by atoms with Crippen LogP contribution in [0.2, 0.25) is 0 Å². The highest BCUT2D eigenvalue weighted by Crippen LogP contribution is 2.48. The highest BCUT2D eigenvalue weighted by atomic mass is 32.4. The lowest BCUT2D eigenvalue weighted by Gasteiger charge is -2.26. The minimum atomic E-state index is -0.809. The van der Waals surface area contributed by atoms with Gasteiger partial charge in [-0.3, -0.25) is 0 Å². The zero-order valence-corrected chi connectivity index (χ0v) is 7.97. The number of rotatable bonds is 0. The summed E-state index contributed by atoms with van der Waals surface area (Å²) in [7, 11) is 0. The van der Waals surface area contributed by atoms with Gasteiger partial charge in [-0.2, -0.15) is 0 Å². The van der Waals surface area contributed by atoms with Crippen molar-refractivity contribution >= 4 is 17.8 Å². The van der Waals surface area contributed by atoms with E-state index in [1.165, 1.54) is 25.2 Å². The summed E-state index contributed by atoms with van der Waals surface area (Å²) in [6.45, 7) is 4.65. The molecule has 2 atom stereocenters. The van der Waals surface area contributed by atoms with E-state index < -0.39 is 6.04 Å². The molecular formula is C7H15PS.